The molecular weight excluding hydrogens is 250 g/mol. The lowest BCUT2D eigenvalue weighted by atomic mass is 10.1. The Morgan fingerprint density at radius 2 is 2.00 bits per heavy atom. The van der Waals surface area contributed by atoms with E-state index in [-0.39, 0.29) is 12.5 Å². The van der Waals surface area contributed by atoms with Gasteiger partial charge in [-0.05, 0) is 24.3 Å². The summed E-state index contributed by atoms with van der Waals surface area (Å²) in [6, 6.07) is 12.8. The zero-order valence-corrected chi connectivity index (χ0v) is 11.0. The molecule has 0 atom stereocenters. The SMILES string of the molecule is NCC#Cc1ccccc1C(=O)NCc1ccccn1. The fourth-order valence-corrected chi connectivity index (χ4v) is 1.71. The lowest BCUT2D eigenvalue weighted by molar-refractivity contribution is 0.0950. The van der Waals surface area contributed by atoms with Gasteiger partial charge in [0.2, 0.25) is 0 Å². The third-order valence-electron chi connectivity index (χ3n) is 2.65. The van der Waals surface area contributed by atoms with E-state index in [0.29, 0.717) is 17.7 Å². The number of aromatic nitrogens is 1. The molecule has 1 aromatic heterocycles. The normalized spacial score (nSPS) is 9.45. The highest BCUT2D eigenvalue weighted by Crippen LogP contribution is 2.07. The van der Waals surface area contributed by atoms with Gasteiger partial charge in [-0.2, -0.15) is 0 Å². The average Bonchev–Trinajstić information content (AvgIpc) is 2.52. The van der Waals surface area contributed by atoms with Gasteiger partial charge in [-0.3, -0.25) is 9.78 Å². The summed E-state index contributed by atoms with van der Waals surface area (Å²) < 4.78 is 0. The predicted octanol–water partition coefficient (Wildman–Crippen LogP) is 1.32. The van der Waals surface area contributed by atoms with E-state index in [4.69, 9.17) is 5.73 Å². The van der Waals surface area contributed by atoms with Crippen molar-refractivity contribution in [2.24, 2.45) is 5.73 Å². The minimum absolute atomic E-state index is 0.169. The number of amides is 1. The van der Waals surface area contributed by atoms with Crippen LogP contribution in [0.5, 0.6) is 0 Å². The summed E-state index contributed by atoms with van der Waals surface area (Å²) in [4.78, 5) is 16.3. The van der Waals surface area contributed by atoms with Crippen LogP contribution in [-0.2, 0) is 6.54 Å². The van der Waals surface area contributed by atoms with E-state index in [1.807, 2.05) is 30.3 Å². The largest absolute Gasteiger partial charge is 0.346 e. The van der Waals surface area contributed by atoms with Crippen molar-refractivity contribution in [3.05, 3.63) is 65.5 Å². The molecule has 100 valence electrons. The third kappa shape index (κ3) is 3.67. The number of nitrogens with two attached hydrogens (primary N) is 1. The molecule has 1 heterocycles. The van der Waals surface area contributed by atoms with Gasteiger partial charge in [0.05, 0.1) is 24.3 Å². The van der Waals surface area contributed by atoms with E-state index in [9.17, 15) is 4.79 Å². The van der Waals surface area contributed by atoms with Crippen LogP contribution in [-0.4, -0.2) is 17.4 Å². The van der Waals surface area contributed by atoms with Crippen LogP contribution < -0.4 is 11.1 Å². The summed E-state index contributed by atoms with van der Waals surface area (Å²) in [6.45, 7) is 0.655. The monoisotopic (exact) mass is 265 g/mol. The molecule has 4 nitrogen and oxygen atoms in total. The van der Waals surface area contributed by atoms with Gasteiger partial charge in [-0.25, -0.2) is 0 Å². The zero-order valence-electron chi connectivity index (χ0n) is 11.0. The molecule has 2 rings (SSSR count). The average molecular weight is 265 g/mol. The highest BCUT2D eigenvalue weighted by atomic mass is 16.1. The van der Waals surface area contributed by atoms with Gasteiger partial charge in [-0.15, -0.1) is 0 Å². The maximum atomic E-state index is 12.2. The van der Waals surface area contributed by atoms with Crippen LogP contribution in [0, 0.1) is 11.8 Å². The van der Waals surface area contributed by atoms with Crippen LogP contribution in [0.1, 0.15) is 21.6 Å². The molecule has 4 heteroatoms. The van der Waals surface area contributed by atoms with Crippen LogP contribution in [0.25, 0.3) is 0 Å². The zero-order chi connectivity index (χ0) is 14.2. The highest BCUT2D eigenvalue weighted by Gasteiger charge is 2.09. The molecule has 0 unspecified atom stereocenters. The number of nitrogens with zero attached hydrogens (tertiary/aromatic N) is 1. The van der Waals surface area contributed by atoms with Crippen LogP contribution in [0.15, 0.2) is 48.7 Å². The number of nitrogens with one attached hydrogen (secondary N) is 1. The first kappa shape index (κ1) is 13.8. The first-order chi connectivity index (χ1) is 9.81. The fourth-order valence-electron chi connectivity index (χ4n) is 1.71. The standard InChI is InChI=1S/C16H15N3O/c17-10-5-7-13-6-1-2-9-15(13)16(20)19-12-14-8-3-4-11-18-14/h1-4,6,8-9,11H,10,12,17H2,(H,19,20). The summed E-state index contributed by atoms with van der Waals surface area (Å²) in [5.41, 5.74) is 7.39. The maximum absolute atomic E-state index is 12.2. The van der Waals surface area contributed by atoms with Crippen molar-refractivity contribution in [3.8, 4) is 11.8 Å². The van der Waals surface area contributed by atoms with Gasteiger partial charge >= 0.3 is 0 Å². The Balaban J connectivity index is 2.09. The lowest BCUT2D eigenvalue weighted by Gasteiger charge is -2.06. The number of hydrogen-bond acceptors (Lipinski definition) is 3. The summed E-state index contributed by atoms with van der Waals surface area (Å²) in [7, 11) is 0. The Morgan fingerprint density at radius 1 is 1.20 bits per heavy atom. The molecule has 0 radical (unpaired) electrons. The number of carbonyl (C=O) groups excluding carboxylic acids is 1. The van der Waals surface area contributed by atoms with Crippen LogP contribution in [0.4, 0.5) is 0 Å². The number of carbonyl (C=O) groups is 1. The first-order valence-corrected chi connectivity index (χ1v) is 6.27. The molecule has 20 heavy (non-hydrogen) atoms. The number of pyridine rings is 1. The van der Waals surface area contributed by atoms with E-state index < -0.39 is 0 Å². The van der Waals surface area contributed by atoms with Gasteiger partial charge in [0.15, 0.2) is 0 Å². The maximum Gasteiger partial charge on any atom is 0.252 e. The summed E-state index contributed by atoms with van der Waals surface area (Å²) in [6.07, 6.45) is 1.70. The van der Waals surface area contributed by atoms with Crippen LogP contribution in [0.3, 0.4) is 0 Å². The Bertz CT molecular complexity index is 642. The molecule has 0 aliphatic carbocycles. The van der Waals surface area contributed by atoms with E-state index in [2.05, 4.69) is 22.1 Å². The van der Waals surface area contributed by atoms with E-state index >= 15 is 0 Å². The van der Waals surface area contributed by atoms with Gasteiger partial charge in [0, 0.05) is 11.8 Å². The molecule has 0 bridgehead atoms. The molecule has 0 aliphatic rings. The van der Waals surface area contributed by atoms with Crippen molar-refractivity contribution in [1.29, 1.82) is 0 Å². The molecule has 3 N–H and O–H groups in total. The van der Waals surface area contributed by atoms with E-state index in [1.54, 1.807) is 18.3 Å². The summed E-state index contributed by atoms with van der Waals surface area (Å²) in [5.74, 6) is 5.49. The quantitative estimate of drug-likeness (QED) is 0.822. The third-order valence-corrected chi connectivity index (χ3v) is 2.65. The predicted molar refractivity (Wildman–Crippen MR) is 77.8 cm³/mol. The van der Waals surface area contributed by atoms with Gasteiger partial charge in [-0.1, -0.05) is 30.0 Å². The molecule has 0 saturated carbocycles. The molecule has 0 saturated heterocycles. The number of benzene rings is 1. The molecular formula is C16H15N3O. The number of rotatable bonds is 3. The van der Waals surface area contributed by atoms with Crippen LogP contribution >= 0.6 is 0 Å². The Labute approximate surface area is 118 Å². The van der Waals surface area contributed by atoms with Crippen molar-refractivity contribution in [2.75, 3.05) is 6.54 Å². The molecule has 0 fully saturated rings. The van der Waals surface area contributed by atoms with Crippen molar-refractivity contribution >= 4 is 5.91 Å². The lowest BCUT2D eigenvalue weighted by Crippen LogP contribution is -2.24. The minimum atomic E-state index is -0.169. The van der Waals surface area contributed by atoms with Crippen LogP contribution in [0.2, 0.25) is 0 Å². The molecule has 2 aromatic rings. The van der Waals surface area contributed by atoms with Gasteiger partial charge in [0.1, 0.15) is 0 Å². The van der Waals surface area contributed by atoms with E-state index in [0.717, 1.165) is 5.69 Å². The first-order valence-electron chi connectivity index (χ1n) is 6.27. The molecule has 0 aliphatic heterocycles. The smallest absolute Gasteiger partial charge is 0.252 e. The Kier molecular flexibility index (Phi) is 4.87. The van der Waals surface area contributed by atoms with Crippen molar-refractivity contribution < 1.29 is 4.79 Å². The van der Waals surface area contributed by atoms with Gasteiger partial charge < -0.3 is 11.1 Å². The number of hydrogen-bond donors (Lipinski definition) is 2. The molecule has 0 spiro atoms. The van der Waals surface area contributed by atoms with Gasteiger partial charge in [0.25, 0.3) is 5.91 Å². The summed E-state index contributed by atoms with van der Waals surface area (Å²) in [5, 5.41) is 2.83. The fraction of sp³-hybridized carbons (Fsp3) is 0.125. The molecule has 1 amide bonds. The second kappa shape index (κ2) is 7.07. The summed E-state index contributed by atoms with van der Waals surface area (Å²) >= 11 is 0. The van der Waals surface area contributed by atoms with Crippen molar-refractivity contribution in [3.63, 3.8) is 0 Å². The van der Waals surface area contributed by atoms with Crippen molar-refractivity contribution in [1.82, 2.24) is 10.3 Å². The minimum Gasteiger partial charge on any atom is -0.346 e. The topological polar surface area (TPSA) is 68.0 Å². The van der Waals surface area contributed by atoms with E-state index in [1.165, 1.54) is 0 Å². The molecule has 1 aromatic carbocycles. The highest BCUT2D eigenvalue weighted by molar-refractivity contribution is 5.96. The second-order valence-electron chi connectivity index (χ2n) is 4.06. The second-order valence-corrected chi connectivity index (χ2v) is 4.06. The Hall–Kier alpha value is -2.64. The Morgan fingerprint density at radius 3 is 2.75 bits per heavy atom. The van der Waals surface area contributed by atoms with Crippen molar-refractivity contribution in [2.45, 2.75) is 6.54 Å².